The maximum Gasteiger partial charge on any atom is 0.0260 e. The summed E-state index contributed by atoms with van der Waals surface area (Å²) in [5.74, 6) is 2.69. The number of azide groups is 1. The Balaban J connectivity index is 1.91. The first-order valence-electron chi connectivity index (χ1n) is 5.67. The van der Waals surface area contributed by atoms with Crippen LogP contribution in [0, 0.1) is 23.2 Å². The summed E-state index contributed by atoms with van der Waals surface area (Å²) in [5, 5.41) is 3.65. The molecule has 0 aromatic heterocycles. The monoisotopic (exact) mass is 193 g/mol. The van der Waals surface area contributed by atoms with Crippen LogP contribution in [0.5, 0.6) is 0 Å². The SMILES string of the molecule is CC1(C)C2CC[C@H](CCN=[N+]=[N-])C1C2. The predicted octanol–water partition coefficient (Wildman–Crippen LogP) is 3.76. The lowest BCUT2D eigenvalue weighted by atomic mass is 9.45. The smallest absolute Gasteiger partial charge is 0.0260 e. The van der Waals surface area contributed by atoms with Gasteiger partial charge in [-0.25, -0.2) is 0 Å². The van der Waals surface area contributed by atoms with Crippen LogP contribution in [0.25, 0.3) is 10.4 Å². The van der Waals surface area contributed by atoms with Crippen LogP contribution in [0.2, 0.25) is 0 Å². The van der Waals surface area contributed by atoms with Crippen LogP contribution in [0.15, 0.2) is 5.11 Å². The second-order valence-corrected chi connectivity index (χ2v) is 5.44. The lowest BCUT2D eigenvalue weighted by molar-refractivity contribution is -0.106. The van der Waals surface area contributed by atoms with Crippen molar-refractivity contribution in [3.8, 4) is 0 Å². The molecule has 2 bridgehead atoms. The van der Waals surface area contributed by atoms with Gasteiger partial charge in [0.25, 0.3) is 0 Å². The molecule has 3 atom stereocenters. The van der Waals surface area contributed by atoms with Crippen LogP contribution in [-0.4, -0.2) is 6.54 Å². The molecule has 78 valence electrons. The Morgan fingerprint density at radius 2 is 2.21 bits per heavy atom. The molecule has 0 aromatic rings. The molecule has 0 saturated heterocycles. The molecule has 0 aromatic carbocycles. The number of rotatable bonds is 3. The lowest BCUT2D eigenvalue weighted by Gasteiger charge is -2.60. The number of hydrogen-bond donors (Lipinski definition) is 0. The first-order valence-corrected chi connectivity index (χ1v) is 5.67. The van der Waals surface area contributed by atoms with Gasteiger partial charge in [0, 0.05) is 11.5 Å². The molecule has 14 heavy (non-hydrogen) atoms. The van der Waals surface area contributed by atoms with Gasteiger partial charge in [-0.1, -0.05) is 19.0 Å². The number of fused-ring (bicyclic) bond motifs is 2. The average Bonchev–Trinajstić information content (AvgIpc) is 2.18. The summed E-state index contributed by atoms with van der Waals surface area (Å²) >= 11 is 0. The highest BCUT2D eigenvalue weighted by atomic mass is 15.1. The molecule has 3 aliphatic rings. The molecule has 3 aliphatic carbocycles. The van der Waals surface area contributed by atoms with E-state index in [1.165, 1.54) is 19.3 Å². The zero-order valence-electron chi connectivity index (χ0n) is 9.11. The van der Waals surface area contributed by atoms with E-state index in [1.807, 2.05) is 0 Å². The Morgan fingerprint density at radius 1 is 1.43 bits per heavy atom. The maximum absolute atomic E-state index is 8.23. The molecule has 0 spiro atoms. The van der Waals surface area contributed by atoms with E-state index in [4.69, 9.17) is 5.53 Å². The zero-order chi connectivity index (χ0) is 10.2. The van der Waals surface area contributed by atoms with Gasteiger partial charge in [0.15, 0.2) is 0 Å². The lowest BCUT2D eigenvalue weighted by Crippen LogP contribution is -2.52. The van der Waals surface area contributed by atoms with E-state index in [-0.39, 0.29) is 0 Å². The Kier molecular flexibility index (Phi) is 2.44. The quantitative estimate of drug-likeness (QED) is 0.372. The van der Waals surface area contributed by atoms with E-state index < -0.39 is 0 Å². The minimum Gasteiger partial charge on any atom is -0.0940 e. The highest BCUT2D eigenvalue weighted by Gasteiger charge is 2.53. The summed E-state index contributed by atoms with van der Waals surface area (Å²) in [5.41, 5.74) is 8.80. The van der Waals surface area contributed by atoms with Crippen molar-refractivity contribution >= 4 is 0 Å². The molecule has 0 aliphatic heterocycles. The summed E-state index contributed by atoms with van der Waals surface area (Å²) in [6, 6.07) is 0. The molecule has 3 saturated carbocycles. The van der Waals surface area contributed by atoms with E-state index in [9.17, 15) is 0 Å². The molecule has 0 amide bonds. The van der Waals surface area contributed by atoms with Crippen molar-refractivity contribution < 1.29 is 0 Å². The van der Waals surface area contributed by atoms with Crippen molar-refractivity contribution in [3.05, 3.63) is 10.4 Å². The van der Waals surface area contributed by atoms with Crippen LogP contribution < -0.4 is 0 Å². The van der Waals surface area contributed by atoms with Crippen molar-refractivity contribution in [3.63, 3.8) is 0 Å². The molecule has 0 heterocycles. The van der Waals surface area contributed by atoms with Gasteiger partial charge in [0.1, 0.15) is 0 Å². The van der Waals surface area contributed by atoms with Gasteiger partial charge in [-0.15, -0.1) is 0 Å². The highest BCUT2D eigenvalue weighted by molar-refractivity contribution is 5.03. The fourth-order valence-electron chi connectivity index (χ4n) is 3.58. The summed E-state index contributed by atoms with van der Waals surface area (Å²) in [6.07, 6.45) is 5.28. The Hall–Kier alpha value is -0.690. The zero-order valence-corrected chi connectivity index (χ0v) is 9.11. The molecule has 2 unspecified atom stereocenters. The minimum absolute atomic E-state index is 0.569. The molecule has 0 radical (unpaired) electrons. The summed E-state index contributed by atoms with van der Waals surface area (Å²) in [4.78, 5) is 2.82. The highest BCUT2D eigenvalue weighted by Crippen LogP contribution is 2.61. The van der Waals surface area contributed by atoms with Crippen LogP contribution in [0.3, 0.4) is 0 Å². The summed E-state index contributed by atoms with van der Waals surface area (Å²) in [6.45, 7) is 5.51. The summed E-state index contributed by atoms with van der Waals surface area (Å²) < 4.78 is 0. The Bertz CT molecular complexity index is 264. The van der Waals surface area contributed by atoms with Crippen molar-refractivity contribution in [1.29, 1.82) is 0 Å². The van der Waals surface area contributed by atoms with Gasteiger partial charge in [-0.3, -0.25) is 0 Å². The van der Waals surface area contributed by atoms with E-state index in [0.717, 1.165) is 24.2 Å². The fourth-order valence-corrected chi connectivity index (χ4v) is 3.58. The first kappa shape index (κ1) is 9.85. The summed E-state index contributed by atoms with van der Waals surface area (Å²) in [7, 11) is 0. The maximum atomic E-state index is 8.23. The van der Waals surface area contributed by atoms with E-state index in [1.54, 1.807) is 0 Å². The molecular formula is C11H19N3. The van der Waals surface area contributed by atoms with E-state index in [2.05, 4.69) is 23.9 Å². The first-order chi connectivity index (χ1) is 6.66. The van der Waals surface area contributed by atoms with Gasteiger partial charge < -0.3 is 0 Å². The van der Waals surface area contributed by atoms with Crippen LogP contribution in [0.1, 0.15) is 39.5 Å². The van der Waals surface area contributed by atoms with Gasteiger partial charge >= 0.3 is 0 Å². The van der Waals surface area contributed by atoms with Crippen molar-refractivity contribution in [2.75, 3.05) is 6.54 Å². The predicted molar refractivity (Wildman–Crippen MR) is 56.7 cm³/mol. The largest absolute Gasteiger partial charge is 0.0940 e. The van der Waals surface area contributed by atoms with Gasteiger partial charge in [0.2, 0.25) is 0 Å². The Morgan fingerprint density at radius 3 is 2.79 bits per heavy atom. The van der Waals surface area contributed by atoms with Crippen LogP contribution >= 0.6 is 0 Å². The molecular weight excluding hydrogens is 174 g/mol. The molecule has 3 fully saturated rings. The van der Waals surface area contributed by atoms with Crippen molar-refractivity contribution in [1.82, 2.24) is 0 Å². The molecule has 0 N–H and O–H groups in total. The van der Waals surface area contributed by atoms with Gasteiger partial charge in [0.05, 0.1) is 0 Å². The van der Waals surface area contributed by atoms with Crippen molar-refractivity contribution in [2.24, 2.45) is 28.3 Å². The topological polar surface area (TPSA) is 48.8 Å². The standard InChI is InChI=1S/C11H19N3/c1-11(2)9-4-3-8(10(11)7-9)5-6-13-14-12/h8-10H,3-7H2,1-2H3/t8-,9?,10?/m1/s1. The van der Waals surface area contributed by atoms with Crippen LogP contribution in [0.4, 0.5) is 0 Å². The second-order valence-electron chi connectivity index (χ2n) is 5.44. The third-order valence-corrected chi connectivity index (χ3v) is 4.66. The minimum atomic E-state index is 0.569. The van der Waals surface area contributed by atoms with Gasteiger partial charge in [-0.2, -0.15) is 0 Å². The van der Waals surface area contributed by atoms with Crippen LogP contribution in [-0.2, 0) is 0 Å². The third kappa shape index (κ3) is 1.40. The van der Waals surface area contributed by atoms with E-state index >= 15 is 0 Å². The normalized spacial score (nSPS) is 38.3. The fraction of sp³-hybridized carbons (Fsp3) is 1.00. The average molecular weight is 193 g/mol. The van der Waals surface area contributed by atoms with Gasteiger partial charge in [-0.05, 0) is 54.4 Å². The molecule has 3 rings (SSSR count). The third-order valence-electron chi connectivity index (χ3n) is 4.66. The van der Waals surface area contributed by atoms with E-state index in [0.29, 0.717) is 12.0 Å². The number of hydrogen-bond acceptors (Lipinski definition) is 1. The Labute approximate surface area is 85.5 Å². The molecule has 3 heteroatoms. The molecule has 3 nitrogen and oxygen atoms in total. The second kappa shape index (κ2) is 3.47. The van der Waals surface area contributed by atoms with Crippen molar-refractivity contribution in [2.45, 2.75) is 39.5 Å². The number of nitrogens with zero attached hydrogens (tertiary/aromatic N) is 3.